The molecule has 1 aliphatic heterocycles. The van der Waals surface area contributed by atoms with Crippen molar-refractivity contribution in [1.29, 1.82) is 0 Å². The number of nitrogens with zero attached hydrogens (tertiary/aromatic N) is 5. The minimum Gasteiger partial charge on any atom is -0.466 e. The van der Waals surface area contributed by atoms with E-state index in [0.717, 1.165) is 11.5 Å². The molecule has 1 N–H and O–H groups in total. The highest BCUT2D eigenvalue weighted by molar-refractivity contribution is 7.80. The Morgan fingerprint density at radius 1 is 1.09 bits per heavy atom. The van der Waals surface area contributed by atoms with Crippen LogP contribution in [0.2, 0.25) is 10.0 Å². The summed E-state index contributed by atoms with van der Waals surface area (Å²) in [4.78, 5) is 11.4. The van der Waals surface area contributed by atoms with Crippen molar-refractivity contribution in [2.75, 3.05) is 4.90 Å². The Balaban J connectivity index is 1.76. The van der Waals surface area contributed by atoms with Gasteiger partial charge in [0.25, 0.3) is 0 Å². The maximum Gasteiger partial charge on any atom is 0.215 e. The zero-order valence-electron chi connectivity index (χ0n) is 20.2. The van der Waals surface area contributed by atoms with E-state index in [-0.39, 0.29) is 11.5 Å². The van der Waals surface area contributed by atoms with Crippen molar-refractivity contribution in [3.63, 3.8) is 0 Å². The van der Waals surface area contributed by atoms with Crippen molar-refractivity contribution in [3.8, 4) is 5.75 Å². The summed E-state index contributed by atoms with van der Waals surface area (Å²) in [7, 11) is 0. The monoisotopic (exact) mass is 530 g/mol. The molecular formula is C25H28Cl2N6OS. The predicted octanol–water partition coefficient (Wildman–Crippen LogP) is 6.15. The summed E-state index contributed by atoms with van der Waals surface area (Å²) in [6, 6.07) is 14.5. The molecule has 184 valence electrons. The fourth-order valence-electron chi connectivity index (χ4n) is 4.00. The quantitative estimate of drug-likeness (QED) is 0.385. The van der Waals surface area contributed by atoms with Crippen LogP contribution < -0.4 is 15.0 Å². The summed E-state index contributed by atoms with van der Waals surface area (Å²) >= 11 is 18.1. The second-order valence-corrected chi connectivity index (χ2v) is 11.2. The van der Waals surface area contributed by atoms with E-state index in [2.05, 4.69) is 50.0 Å². The molecular weight excluding hydrogens is 503 g/mol. The van der Waals surface area contributed by atoms with E-state index in [0.29, 0.717) is 20.9 Å². The number of anilines is 1. The summed E-state index contributed by atoms with van der Waals surface area (Å²) in [5, 5.41) is 9.54. The van der Waals surface area contributed by atoms with Gasteiger partial charge in [-0.05, 0) is 73.9 Å². The van der Waals surface area contributed by atoms with E-state index in [1.165, 1.54) is 6.33 Å². The summed E-state index contributed by atoms with van der Waals surface area (Å²) in [5.74, 6) is 1.38. The molecule has 0 saturated carbocycles. The van der Waals surface area contributed by atoms with Crippen LogP contribution in [0.5, 0.6) is 5.75 Å². The first-order chi connectivity index (χ1) is 16.5. The Hall–Kier alpha value is -2.68. The first-order valence-electron chi connectivity index (χ1n) is 11.2. The summed E-state index contributed by atoms with van der Waals surface area (Å²) < 4.78 is 8.12. The predicted molar refractivity (Wildman–Crippen MR) is 146 cm³/mol. The van der Waals surface area contributed by atoms with Crippen LogP contribution in [0.25, 0.3) is 0 Å². The molecule has 7 nitrogen and oxygen atoms in total. The van der Waals surface area contributed by atoms with Gasteiger partial charge >= 0.3 is 0 Å². The van der Waals surface area contributed by atoms with Crippen LogP contribution in [-0.4, -0.2) is 37.3 Å². The lowest BCUT2D eigenvalue weighted by Gasteiger charge is -2.36. The highest BCUT2D eigenvalue weighted by Crippen LogP contribution is 2.36. The van der Waals surface area contributed by atoms with Crippen LogP contribution in [0.3, 0.4) is 0 Å². The zero-order chi connectivity index (χ0) is 25.4. The Bertz CT molecular complexity index is 1220. The Morgan fingerprint density at radius 3 is 2.40 bits per heavy atom. The van der Waals surface area contributed by atoms with Crippen molar-refractivity contribution < 1.29 is 4.74 Å². The van der Waals surface area contributed by atoms with E-state index in [4.69, 9.17) is 45.1 Å². The lowest BCUT2D eigenvalue weighted by Crippen LogP contribution is -2.46. The molecule has 2 aromatic carbocycles. The van der Waals surface area contributed by atoms with Gasteiger partial charge in [-0.15, -0.1) is 0 Å². The molecule has 0 aliphatic carbocycles. The minimum absolute atomic E-state index is 0.307. The number of nitrogens with one attached hydrogen (secondary N) is 1. The number of aromatic nitrogens is 3. The number of hydrogen-bond acceptors (Lipinski definition) is 5. The third kappa shape index (κ3) is 5.44. The summed E-state index contributed by atoms with van der Waals surface area (Å²) in [5.41, 5.74) is 0.0277. The molecule has 1 saturated heterocycles. The number of ether oxygens (including phenoxy) is 1. The first-order valence-corrected chi connectivity index (χ1v) is 12.3. The number of benzene rings is 2. The fraction of sp³-hybridized carbons (Fsp3) is 0.360. The molecule has 10 heteroatoms. The van der Waals surface area contributed by atoms with Crippen LogP contribution in [0.15, 0.2) is 66.2 Å². The van der Waals surface area contributed by atoms with Crippen LogP contribution in [0.4, 0.5) is 5.69 Å². The van der Waals surface area contributed by atoms with Crippen molar-refractivity contribution in [1.82, 2.24) is 20.1 Å². The summed E-state index contributed by atoms with van der Waals surface area (Å²) in [6.07, 6.45) is 2.55. The number of aliphatic imine (C=N–C) groups is 1. The SMILES string of the molecule is CC(C)(C)[C@H](N=C1NC(=S)N(c2cccc(Cl)c2)C1(C)C)[C@H](Oc1ccc(Cl)cc1)n1cncn1. The molecule has 1 fully saturated rings. The van der Waals surface area contributed by atoms with Crippen LogP contribution in [0.1, 0.15) is 40.8 Å². The van der Waals surface area contributed by atoms with E-state index >= 15 is 0 Å². The molecule has 35 heavy (non-hydrogen) atoms. The Morgan fingerprint density at radius 2 is 1.80 bits per heavy atom. The molecule has 2 heterocycles. The van der Waals surface area contributed by atoms with E-state index in [1.807, 2.05) is 41.3 Å². The highest BCUT2D eigenvalue weighted by Gasteiger charge is 2.45. The molecule has 2 atom stereocenters. The third-order valence-electron chi connectivity index (χ3n) is 5.83. The normalized spacial score (nSPS) is 18.4. The van der Waals surface area contributed by atoms with Crippen molar-refractivity contribution >= 4 is 52.1 Å². The van der Waals surface area contributed by atoms with Gasteiger partial charge in [0.1, 0.15) is 30.3 Å². The number of hydrogen-bond donors (Lipinski definition) is 1. The van der Waals surface area contributed by atoms with Crippen LogP contribution in [-0.2, 0) is 0 Å². The van der Waals surface area contributed by atoms with Gasteiger partial charge in [-0.2, -0.15) is 5.10 Å². The average molecular weight is 532 g/mol. The topological polar surface area (TPSA) is 67.6 Å². The molecule has 0 bridgehead atoms. The molecule has 0 spiro atoms. The van der Waals surface area contributed by atoms with Crippen LogP contribution >= 0.6 is 35.4 Å². The average Bonchev–Trinajstić information content (AvgIpc) is 3.37. The van der Waals surface area contributed by atoms with Crippen LogP contribution in [0, 0.1) is 5.41 Å². The standard InChI is InChI=1S/C25H28Cl2N6OS/c1-24(2,3)20(21(32-15-28-14-29-32)34-19-11-9-16(26)10-12-19)30-22-25(4,5)33(23(35)31-22)18-8-6-7-17(27)13-18/h6-15,20-21H,1-5H3,(H,30,31,35)/t20-,21+/m1/s1. The highest BCUT2D eigenvalue weighted by atomic mass is 35.5. The van der Waals surface area contributed by atoms with Crippen molar-refractivity contribution in [3.05, 3.63) is 71.2 Å². The largest absolute Gasteiger partial charge is 0.466 e. The van der Waals surface area contributed by atoms with Gasteiger partial charge in [-0.1, -0.05) is 50.0 Å². The van der Waals surface area contributed by atoms with Gasteiger partial charge in [0.2, 0.25) is 6.23 Å². The molecule has 0 unspecified atom stereocenters. The van der Waals surface area contributed by atoms with Gasteiger partial charge in [0.15, 0.2) is 5.11 Å². The second kappa shape index (κ2) is 9.76. The molecule has 4 rings (SSSR count). The molecule has 1 aliphatic rings. The maximum atomic E-state index is 6.44. The number of rotatable bonds is 6. The van der Waals surface area contributed by atoms with Crippen molar-refractivity contribution in [2.45, 2.75) is 52.4 Å². The maximum absolute atomic E-state index is 6.44. The van der Waals surface area contributed by atoms with Gasteiger partial charge in [-0.25, -0.2) is 9.67 Å². The molecule has 3 aromatic rings. The molecule has 0 radical (unpaired) electrons. The molecule has 0 amide bonds. The first kappa shape index (κ1) is 25.4. The van der Waals surface area contributed by atoms with E-state index in [9.17, 15) is 0 Å². The van der Waals surface area contributed by atoms with E-state index in [1.54, 1.807) is 23.1 Å². The van der Waals surface area contributed by atoms with E-state index < -0.39 is 11.8 Å². The number of amidine groups is 1. The zero-order valence-corrected chi connectivity index (χ0v) is 22.6. The Labute approximate surface area is 221 Å². The van der Waals surface area contributed by atoms with Gasteiger partial charge < -0.3 is 15.0 Å². The minimum atomic E-state index is -0.572. The number of thiocarbonyl (C=S) groups is 1. The lowest BCUT2D eigenvalue weighted by molar-refractivity contribution is 0.0470. The lowest BCUT2D eigenvalue weighted by atomic mass is 9.85. The van der Waals surface area contributed by atoms with Gasteiger partial charge in [-0.3, -0.25) is 4.99 Å². The van der Waals surface area contributed by atoms with Gasteiger partial charge in [0, 0.05) is 15.7 Å². The summed E-state index contributed by atoms with van der Waals surface area (Å²) in [6.45, 7) is 10.5. The number of halogens is 2. The smallest absolute Gasteiger partial charge is 0.215 e. The Kier molecular flexibility index (Phi) is 7.09. The fourth-order valence-corrected chi connectivity index (χ4v) is 4.74. The third-order valence-corrected chi connectivity index (χ3v) is 6.60. The second-order valence-electron chi connectivity index (χ2n) is 9.93. The van der Waals surface area contributed by atoms with Gasteiger partial charge in [0.05, 0.1) is 5.54 Å². The van der Waals surface area contributed by atoms with Crippen molar-refractivity contribution in [2.24, 2.45) is 10.4 Å². The molecule has 1 aromatic heterocycles.